The van der Waals surface area contributed by atoms with E-state index in [9.17, 15) is 4.79 Å². The van der Waals surface area contributed by atoms with Crippen molar-refractivity contribution >= 4 is 11.6 Å². The molecule has 1 aliphatic rings. The standard InChI is InChI=1S/C17H27N3O/c1-13-6-4-5-7-14(13)19-10-8-16(21)20-11-9-15(18)17(2,3)12-20/h4-7,15,19H,8-12,18H2,1-3H3. The number of nitrogens with one attached hydrogen (secondary N) is 1. The number of nitrogens with zero attached hydrogens (tertiary/aromatic N) is 1. The molecular formula is C17H27N3O. The highest BCUT2D eigenvalue weighted by Gasteiger charge is 2.34. The van der Waals surface area contributed by atoms with Crippen LogP contribution in [-0.4, -0.2) is 36.5 Å². The zero-order valence-corrected chi connectivity index (χ0v) is 13.4. The number of piperidine rings is 1. The summed E-state index contributed by atoms with van der Waals surface area (Å²) in [6, 6.07) is 8.32. The molecule has 0 aliphatic carbocycles. The molecule has 1 aliphatic heterocycles. The maximum Gasteiger partial charge on any atom is 0.224 e. The summed E-state index contributed by atoms with van der Waals surface area (Å²) < 4.78 is 0. The number of benzene rings is 1. The van der Waals surface area contributed by atoms with Gasteiger partial charge < -0.3 is 16.0 Å². The van der Waals surface area contributed by atoms with Gasteiger partial charge in [0.05, 0.1) is 0 Å². The molecule has 21 heavy (non-hydrogen) atoms. The first-order valence-electron chi connectivity index (χ1n) is 7.73. The van der Waals surface area contributed by atoms with E-state index in [4.69, 9.17) is 5.73 Å². The molecule has 1 saturated heterocycles. The molecule has 2 rings (SSSR count). The molecule has 0 saturated carbocycles. The lowest BCUT2D eigenvalue weighted by Gasteiger charge is -2.42. The van der Waals surface area contributed by atoms with Crippen molar-refractivity contribution in [3.63, 3.8) is 0 Å². The van der Waals surface area contributed by atoms with E-state index in [1.807, 2.05) is 23.1 Å². The fourth-order valence-electron chi connectivity index (χ4n) is 2.82. The number of hydrogen-bond acceptors (Lipinski definition) is 3. The van der Waals surface area contributed by atoms with Crippen LogP contribution >= 0.6 is 0 Å². The molecule has 0 spiro atoms. The van der Waals surface area contributed by atoms with Gasteiger partial charge in [0.25, 0.3) is 0 Å². The second-order valence-electron chi connectivity index (χ2n) is 6.69. The molecule has 1 heterocycles. The third-order valence-corrected chi connectivity index (χ3v) is 4.46. The minimum Gasteiger partial charge on any atom is -0.384 e. The van der Waals surface area contributed by atoms with Crippen molar-refractivity contribution in [3.8, 4) is 0 Å². The van der Waals surface area contributed by atoms with Crippen LogP contribution in [0.2, 0.25) is 0 Å². The van der Waals surface area contributed by atoms with Gasteiger partial charge in [-0.1, -0.05) is 32.0 Å². The van der Waals surface area contributed by atoms with Gasteiger partial charge in [0.1, 0.15) is 0 Å². The van der Waals surface area contributed by atoms with Crippen molar-refractivity contribution in [1.29, 1.82) is 0 Å². The van der Waals surface area contributed by atoms with Crippen LogP contribution in [0.5, 0.6) is 0 Å². The zero-order valence-electron chi connectivity index (χ0n) is 13.4. The molecular weight excluding hydrogens is 262 g/mol. The third kappa shape index (κ3) is 3.97. The van der Waals surface area contributed by atoms with Gasteiger partial charge in [-0.15, -0.1) is 0 Å². The van der Waals surface area contributed by atoms with E-state index in [0.717, 1.165) is 25.2 Å². The zero-order chi connectivity index (χ0) is 15.5. The molecule has 1 unspecified atom stereocenters. The van der Waals surface area contributed by atoms with Gasteiger partial charge >= 0.3 is 0 Å². The fourth-order valence-corrected chi connectivity index (χ4v) is 2.82. The molecule has 0 aromatic heterocycles. The van der Waals surface area contributed by atoms with E-state index in [2.05, 4.69) is 32.2 Å². The van der Waals surface area contributed by atoms with E-state index in [1.54, 1.807) is 0 Å². The van der Waals surface area contributed by atoms with Crippen LogP contribution in [0.4, 0.5) is 5.69 Å². The van der Waals surface area contributed by atoms with Crippen molar-refractivity contribution in [2.24, 2.45) is 11.1 Å². The van der Waals surface area contributed by atoms with E-state index in [0.29, 0.717) is 13.0 Å². The average molecular weight is 289 g/mol. The number of carbonyl (C=O) groups excluding carboxylic acids is 1. The molecule has 1 aromatic carbocycles. The fraction of sp³-hybridized carbons (Fsp3) is 0.588. The molecule has 116 valence electrons. The van der Waals surface area contributed by atoms with Crippen LogP contribution in [0.25, 0.3) is 0 Å². The largest absolute Gasteiger partial charge is 0.384 e. The number of anilines is 1. The molecule has 0 bridgehead atoms. The van der Waals surface area contributed by atoms with E-state index >= 15 is 0 Å². The lowest BCUT2D eigenvalue weighted by Crippen LogP contribution is -2.54. The Balaban J connectivity index is 1.81. The van der Waals surface area contributed by atoms with Gasteiger partial charge in [0.2, 0.25) is 5.91 Å². The van der Waals surface area contributed by atoms with Gasteiger partial charge in [0, 0.05) is 37.8 Å². The van der Waals surface area contributed by atoms with Gasteiger partial charge in [-0.25, -0.2) is 0 Å². The summed E-state index contributed by atoms with van der Waals surface area (Å²) in [7, 11) is 0. The summed E-state index contributed by atoms with van der Waals surface area (Å²) in [6.45, 7) is 8.57. The quantitative estimate of drug-likeness (QED) is 0.894. The van der Waals surface area contributed by atoms with Crippen LogP contribution < -0.4 is 11.1 Å². The van der Waals surface area contributed by atoms with Crippen molar-refractivity contribution in [3.05, 3.63) is 29.8 Å². The lowest BCUT2D eigenvalue weighted by atomic mass is 9.79. The predicted octanol–water partition coefficient (Wildman–Crippen LogP) is 2.38. The van der Waals surface area contributed by atoms with E-state index in [-0.39, 0.29) is 17.4 Å². The Morgan fingerprint density at radius 1 is 1.43 bits per heavy atom. The summed E-state index contributed by atoms with van der Waals surface area (Å²) >= 11 is 0. The number of nitrogens with two attached hydrogens (primary N) is 1. The first-order valence-corrected chi connectivity index (χ1v) is 7.73. The monoisotopic (exact) mass is 289 g/mol. The Morgan fingerprint density at radius 2 is 2.14 bits per heavy atom. The van der Waals surface area contributed by atoms with E-state index < -0.39 is 0 Å². The topological polar surface area (TPSA) is 58.4 Å². The number of para-hydroxylation sites is 1. The normalized spacial score (nSPS) is 21.1. The summed E-state index contributed by atoms with van der Waals surface area (Å²) in [5, 5.41) is 3.34. The molecule has 1 amide bonds. The first-order chi connectivity index (χ1) is 9.90. The maximum absolute atomic E-state index is 12.3. The van der Waals surface area contributed by atoms with Crippen LogP contribution in [0.1, 0.15) is 32.3 Å². The highest BCUT2D eigenvalue weighted by atomic mass is 16.2. The van der Waals surface area contributed by atoms with E-state index in [1.165, 1.54) is 5.56 Å². The van der Waals surface area contributed by atoms with Crippen LogP contribution in [0.15, 0.2) is 24.3 Å². The number of likely N-dealkylation sites (tertiary alicyclic amines) is 1. The Bertz CT molecular complexity index is 499. The molecule has 1 aromatic rings. The minimum absolute atomic E-state index is 0.0113. The Morgan fingerprint density at radius 3 is 2.81 bits per heavy atom. The summed E-state index contributed by atoms with van der Waals surface area (Å²) in [5.41, 5.74) is 8.44. The number of rotatable bonds is 4. The van der Waals surface area contributed by atoms with Crippen molar-refractivity contribution < 1.29 is 4.79 Å². The van der Waals surface area contributed by atoms with Crippen molar-refractivity contribution in [2.75, 3.05) is 25.0 Å². The van der Waals surface area contributed by atoms with Crippen molar-refractivity contribution in [2.45, 2.75) is 39.7 Å². The lowest BCUT2D eigenvalue weighted by molar-refractivity contribution is -0.134. The van der Waals surface area contributed by atoms with Crippen LogP contribution in [0, 0.1) is 12.3 Å². The minimum atomic E-state index is 0.0113. The van der Waals surface area contributed by atoms with Gasteiger partial charge in [-0.3, -0.25) is 4.79 Å². The first kappa shape index (κ1) is 15.8. The second kappa shape index (κ2) is 6.48. The van der Waals surface area contributed by atoms with Gasteiger partial charge in [-0.2, -0.15) is 0 Å². The molecule has 0 radical (unpaired) electrons. The second-order valence-corrected chi connectivity index (χ2v) is 6.69. The molecule has 1 atom stereocenters. The SMILES string of the molecule is Cc1ccccc1NCCC(=O)N1CCC(N)C(C)(C)C1. The number of carbonyl (C=O) groups is 1. The molecule has 4 heteroatoms. The summed E-state index contributed by atoms with van der Waals surface area (Å²) in [5.74, 6) is 0.219. The van der Waals surface area contributed by atoms with Gasteiger partial charge in [-0.05, 0) is 30.4 Å². The van der Waals surface area contributed by atoms with Crippen LogP contribution in [-0.2, 0) is 4.79 Å². The average Bonchev–Trinajstić information content (AvgIpc) is 2.43. The maximum atomic E-state index is 12.3. The Kier molecular flexibility index (Phi) is 4.88. The third-order valence-electron chi connectivity index (χ3n) is 4.46. The molecule has 3 N–H and O–H groups in total. The molecule has 1 fully saturated rings. The highest BCUT2D eigenvalue weighted by Crippen LogP contribution is 2.27. The summed E-state index contributed by atoms with van der Waals surface area (Å²) in [6.07, 6.45) is 1.42. The smallest absolute Gasteiger partial charge is 0.224 e. The number of aryl methyl sites for hydroxylation is 1. The number of amides is 1. The van der Waals surface area contributed by atoms with Crippen molar-refractivity contribution in [1.82, 2.24) is 4.90 Å². The predicted molar refractivity (Wildman–Crippen MR) is 87.2 cm³/mol. The van der Waals surface area contributed by atoms with Crippen LogP contribution in [0.3, 0.4) is 0 Å². The van der Waals surface area contributed by atoms with Gasteiger partial charge in [0.15, 0.2) is 0 Å². The Hall–Kier alpha value is -1.55. The highest BCUT2D eigenvalue weighted by molar-refractivity contribution is 5.77. The summed E-state index contributed by atoms with van der Waals surface area (Å²) in [4.78, 5) is 14.3. The molecule has 4 nitrogen and oxygen atoms in total. The number of hydrogen-bond donors (Lipinski definition) is 2. The Labute approximate surface area is 127 Å².